The Labute approximate surface area is 210 Å². The van der Waals surface area contributed by atoms with Crippen LogP contribution in [0.4, 0.5) is 5.69 Å². The molecule has 1 fully saturated rings. The minimum absolute atomic E-state index is 0.0467. The molecule has 0 bridgehead atoms. The number of nitrogens with zero attached hydrogens (tertiary/aromatic N) is 3. The summed E-state index contributed by atoms with van der Waals surface area (Å²) in [5.41, 5.74) is 10.3. The number of aromatic nitrogens is 1. The van der Waals surface area contributed by atoms with Crippen molar-refractivity contribution in [2.45, 2.75) is 32.7 Å². The van der Waals surface area contributed by atoms with E-state index in [1.165, 1.54) is 6.92 Å². The van der Waals surface area contributed by atoms with Gasteiger partial charge in [0.25, 0.3) is 0 Å². The number of allylic oxidation sites excluding steroid dienone is 3. The van der Waals surface area contributed by atoms with Crippen molar-refractivity contribution in [3.63, 3.8) is 0 Å². The summed E-state index contributed by atoms with van der Waals surface area (Å²) in [6.07, 6.45) is 9.58. The summed E-state index contributed by atoms with van der Waals surface area (Å²) in [5.74, 6) is 0.204. The molecule has 3 aliphatic heterocycles. The molecule has 186 valence electrons. The lowest BCUT2D eigenvalue weighted by Gasteiger charge is -2.33. The second-order valence-electron chi connectivity index (χ2n) is 9.63. The predicted octanol–water partition coefficient (Wildman–Crippen LogP) is 2.38. The second-order valence-corrected chi connectivity index (χ2v) is 9.63. The Hall–Kier alpha value is -3.90. The van der Waals surface area contributed by atoms with Gasteiger partial charge in [0, 0.05) is 25.1 Å². The summed E-state index contributed by atoms with van der Waals surface area (Å²) in [6, 6.07) is 0. The number of amidine groups is 1. The van der Waals surface area contributed by atoms with Gasteiger partial charge in [-0.1, -0.05) is 11.8 Å². The summed E-state index contributed by atoms with van der Waals surface area (Å²) in [5, 5.41) is 6.11. The number of carbonyl (C=O) groups excluding carboxylic acids is 3. The van der Waals surface area contributed by atoms with E-state index < -0.39 is 0 Å². The molecule has 1 aromatic heterocycles. The zero-order chi connectivity index (χ0) is 25.2. The lowest BCUT2D eigenvalue weighted by Crippen LogP contribution is -2.45. The molecule has 1 aromatic rings. The standard InChI is InChI=1S/C27H30N6O3/c1-17(34)29-23-14-19(8-11-28-23)25-26(30-20-6-4-3-5-7-20)24-21(31-25)15-33(16-22(24)35)27(36)18-9-12-32(2)13-10-18/h3-4,6,14,18,30-31H,8-13,15-16H2,1-2H3,(H,28,29,34). The number of fused-ring (bicyclic) bond motifs is 1. The van der Waals surface area contributed by atoms with Gasteiger partial charge in [-0.15, -0.1) is 0 Å². The van der Waals surface area contributed by atoms with E-state index in [9.17, 15) is 14.4 Å². The Morgan fingerprint density at radius 2 is 2.03 bits per heavy atom. The van der Waals surface area contributed by atoms with Gasteiger partial charge in [0.1, 0.15) is 5.84 Å². The smallest absolute Gasteiger partial charge is 0.226 e. The maximum absolute atomic E-state index is 13.5. The Balaban J connectivity index is 1.50. The third-order valence-corrected chi connectivity index (χ3v) is 6.93. The number of piperidine rings is 1. The number of hydrogen-bond acceptors (Lipinski definition) is 6. The van der Waals surface area contributed by atoms with Gasteiger partial charge in [-0.05, 0) is 68.9 Å². The number of aliphatic imine (C=N–C) groups is 1. The molecule has 3 N–H and O–H groups in total. The van der Waals surface area contributed by atoms with E-state index in [1.807, 2.05) is 18.2 Å². The number of ketones is 1. The Morgan fingerprint density at radius 1 is 1.22 bits per heavy atom. The molecule has 36 heavy (non-hydrogen) atoms. The van der Waals surface area contributed by atoms with Crippen molar-refractivity contribution in [1.82, 2.24) is 20.1 Å². The van der Waals surface area contributed by atoms with E-state index in [2.05, 4.69) is 44.0 Å². The maximum atomic E-state index is 13.5. The van der Waals surface area contributed by atoms with Crippen molar-refractivity contribution < 1.29 is 14.4 Å². The fourth-order valence-corrected chi connectivity index (χ4v) is 5.11. The first-order valence-corrected chi connectivity index (χ1v) is 12.3. The molecule has 5 rings (SSSR count). The molecule has 4 aliphatic rings. The van der Waals surface area contributed by atoms with E-state index in [0.717, 1.165) is 42.9 Å². The van der Waals surface area contributed by atoms with E-state index in [-0.39, 0.29) is 30.1 Å². The molecule has 0 atom stereocenters. The molecule has 0 radical (unpaired) electrons. The molecule has 9 nitrogen and oxygen atoms in total. The van der Waals surface area contributed by atoms with Crippen LogP contribution in [-0.4, -0.2) is 71.4 Å². The molecule has 0 spiro atoms. The first-order chi connectivity index (χ1) is 17.4. The third-order valence-electron chi connectivity index (χ3n) is 6.93. The van der Waals surface area contributed by atoms with Crippen molar-refractivity contribution in [1.29, 1.82) is 0 Å². The van der Waals surface area contributed by atoms with Gasteiger partial charge in [-0.3, -0.25) is 19.4 Å². The zero-order valence-electron chi connectivity index (χ0n) is 20.6. The number of hydrogen-bond donors (Lipinski definition) is 3. The highest BCUT2D eigenvalue weighted by molar-refractivity contribution is 6.11. The largest absolute Gasteiger partial charge is 0.355 e. The number of rotatable bonds is 4. The van der Waals surface area contributed by atoms with E-state index in [1.54, 1.807) is 11.0 Å². The fourth-order valence-electron chi connectivity index (χ4n) is 5.11. The minimum atomic E-state index is -0.192. The van der Waals surface area contributed by atoms with Gasteiger partial charge < -0.3 is 25.4 Å². The molecule has 1 saturated heterocycles. The third kappa shape index (κ3) is 4.90. The number of anilines is 1. The number of dihydropyridines is 1. The number of amides is 2. The predicted molar refractivity (Wildman–Crippen MR) is 137 cm³/mol. The van der Waals surface area contributed by atoms with Gasteiger partial charge in [-0.25, -0.2) is 0 Å². The number of aromatic amines is 1. The average Bonchev–Trinajstić information content (AvgIpc) is 3.23. The van der Waals surface area contributed by atoms with Crippen LogP contribution in [0.15, 0.2) is 46.5 Å². The molecular formula is C27H30N6O3. The number of H-pyrrole nitrogens is 1. The molecule has 0 saturated carbocycles. The van der Waals surface area contributed by atoms with Crippen molar-refractivity contribution >= 4 is 34.7 Å². The summed E-state index contributed by atoms with van der Waals surface area (Å²) in [6.45, 7) is 4.16. The fraction of sp³-hybridized carbons (Fsp3) is 0.407. The SMILES string of the molecule is CC(=O)NC1=NCCC(c2[nH]c3c(c2NC2=C=C=CC=C2)C(=O)CN(C(=O)C2CCN(C)CC2)C3)=C1. The van der Waals surface area contributed by atoms with Gasteiger partial charge in [0.2, 0.25) is 11.8 Å². The van der Waals surface area contributed by atoms with E-state index >= 15 is 0 Å². The normalized spacial score (nSPS) is 20.0. The molecule has 9 heteroatoms. The molecular weight excluding hydrogens is 456 g/mol. The first kappa shape index (κ1) is 23.8. The second kappa shape index (κ2) is 9.99. The Bertz CT molecular complexity index is 1310. The van der Waals surface area contributed by atoms with Crippen LogP contribution in [0.3, 0.4) is 0 Å². The maximum Gasteiger partial charge on any atom is 0.226 e. The molecule has 2 amide bonds. The van der Waals surface area contributed by atoms with E-state index in [4.69, 9.17) is 0 Å². The quantitative estimate of drug-likeness (QED) is 0.566. The number of likely N-dealkylation sites (tertiary alicyclic amines) is 1. The summed E-state index contributed by atoms with van der Waals surface area (Å²) in [7, 11) is 2.07. The van der Waals surface area contributed by atoms with Crippen LogP contribution in [0.25, 0.3) is 5.57 Å². The van der Waals surface area contributed by atoms with Gasteiger partial charge >= 0.3 is 0 Å². The number of nitrogens with one attached hydrogen (secondary N) is 3. The molecule has 0 unspecified atom stereocenters. The lowest BCUT2D eigenvalue weighted by atomic mass is 9.94. The lowest BCUT2D eigenvalue weighted by molar-refractivity contribution is -0.137. The summed E-state index contributed by atoms with van der Waals surface area (Å²) < 4.78 is 0. The molecule has 0 aromatic carbocycles. The number of carbonyl (C=O) groups is 3. The van der Waals surface area contributed by atoms with Crippen LogP contribution in [-0.2, 0) is 16.1 Å². The van der Waals surface area contributed by atoms with Crippen LogP contribution in [0.1, 0.15) is 47.9 Å². The van der Waals surface area contributed by atoms with Crippen LogP contribution in [0.2, 0.25) is 0 Å². The van der Waals surface area contributed by atoms with Crippen molar-refractivity contribution in [2.75, 3.05) is 38.5 Å². The van der Waals surface area contributed by atoms with Crippen LogP contribution in [0, 0.1) is 5.92 Å². The van der Waals surface area contributed by atoms with Gasteiger partial charge in [0.05, 0.1) is 35.7 Å². The monoisotopic (exact) mass is 486 g/mol. The topological polar surface area (TPSA) is 110 Å². The van der Waals surface area contributed by atoms with Crippen molar-refractivity contribution in [2.24, 2.45) is 10.9 Å². The van der Waals surface area contributed by atoms with Crippen LogP contribution >= 0.6 is 0 Å². The first-order valence-electron chi connectivity index (χ1n) is 12.3. The zero-order valence-corrected chi connectivity index (χ0v) is 20.6. The Kier molecular flexibility index (Phi) is 6.61. The Morgan fingerprint density at radius 3 is 2.75 bits per heavy atom. The van der Waals surface area contributed by atoms with Crippen molar-refractivity contribution in [3.8, 4) is 0 Å². The summed E-state index contributed by atoms with van der Waals surface area (Å²) in [4.78, 5) is 50.1. The highest BCUT2D eigenvalue weighted by atomic mass is 16.2. The number of Topliss-reactive ketones (excluding diaryl/α,β-unsaturated/α-hetero) is 1. The molecule has 4 heterocycles. The highest BCUT2D eigenvalue weighted by Gasteiger charge is 2.36. The van der Waals surface area contributed by atoms with Gasteiger partial charge in [-0.2, -0.15) is 0 Å². The van der Waals surface area contributed by atoms with Crippen LogP contribution < -0.4 is 10.6 Å². The molecule has 1 aliphatic carbocycles. The summed E-state index contributed by atoms with van der Waals surface area (Å²) >= 11 is 0. The van der Waals surface area contributed by atoms with Crippen LogP contribution in [0.5, 0.6) is 0 Å². The van der Waals surface area contributed by atoms with Gasteiger partial charge in [0.15, 0.2) is 5.78 Å². The van der Waals surface area contributed by atoms with Crippen molar-refractivity contribution in [3.05, 3.63) is 58.4 Å². The van der Waals surface area contributed by atoms with E-state index in [0.29, 0.717) is 42.3 Å². The average molecular weight is 487 g/mol. The highest BCUT2D eigenvalue weighted by Crippen LogP contribution is 2.37. The minimum Gasteiger partial charge on any atom is -0.355 e.